The first kappa shape index (κ1) is 39.7. The number of unbranched alkanes of at least 4 members (excludes halogenated alkanes) is 2. The fourth-order valence-corrected chi connectivity index (χ4v) is 10.4. The van der Waals surface area contributed by atoms with Crippen molar-refractivity contribution in [1.82, 2.24) is 25.0 Å². The lowest BCUT2D eigenvalue weighted by Crippen LogP contribution is -2.53. The van der Waals surface area contributed by atoms with Crippen LogP contribution in [-0.2, 0) is 28.0 Å². The number of ketones is 1. The van der Waals surface area contributed by atoms with E-state index in [-0.39, 0.29) is 24.0 Å². The summed E-state index contributed by atoms with van der Waals surface area (Å²) >= 11 is 0. The molecule has 0 saturated carbocycles. The number of anilines is 1. The Morgan fingerprint density at radius 3 is 2.45 bits per heavy atom. The number of aromatic nitrogens is 1. The number of hydrogen-bond acceptors (Lipinski definition) is 8. The van der Waals surface area contributed by atoms with Gasteiger partial charge in [0.15, 0.2) is 5.78 Å². The van der Waals surface area contributed by atoms with Gasteiger partial charge >= 0.3 is 0 Å². The second kappa shape index (κ2) is 16.0. The number of nitriles is 1. The summed E-state index contributed by atoms with van der Waals surface area (Å²) in [5.41, 5.74) is 9.36. The van der Waals surface area contributed by atoms with Gasteiger partial charge in [0, 0.05) is 109 Å². The first-order valence-electron chi connectivity index (χ1n) is 21.8. The first-order valence-corrected chi connectivity index (χ1v) is 21.8. The summed E-state index contributed by atoms with van der Waals surface area (Å²) in [5, 5.41) is 12.7. The summed E-state index contributed by atoms with van der Waals surface area (Å²) in [6.07, 6.45) is 6.61. The number of piperidine rings is 2. The zero-order valence-electron chi connectivity index (χ0n) is 35.0. The molecule has 4 aromatic rings. The van der Waals surface area contributed by atoms with E-state index in [4.69, 9.17) is 0 Å². The number of nitrogens with zero attached hydrogens (tertiary/aromatic N) is 5. The molecule has 3 saturated heterocycles. The van der Waals surface area contributed by atoms with Crippen LogP contribution in [0.15, 0.2) is 48.5 Å². The summed E-state index contributed by atoms with van der Waals surface area (Å²) in [4.78, 5) is 64.3. The van der Waals surface area contributed by atoms with E-state index >= 15 is 0 Å². The standard InChI is InChI=1S/C49H53N7O4/c1-4-32-27-37-39(49(2,3)46-44(45(37)58)36-14-13-31(29-50)26-40(36)51-46)28-42(32)55-20-17-34(18-21-55)54-24-22-53(23-25-54)19-8-6-5-7-10-33-11-9-12-35-38(33)30-56(48(35)60)41-15-16-43(57)52-47(41)59/h9,11-14,26-28,34,41,51H,4-6,8,15-25,30H2,1-3H3,(H,52,57,59). The number of fused-ring (bicyclic) bond motifs is 5. The summed E-state index contributed by atoms with van der Waals surface area (Å²) in [7, 11) is 0. The van der Waals surface area contributed by atoms with E-state index in [0.717, 1.165) is 129 Å². The molecule has 1 atom stereocenters. The van der Waals surface area contributed by atoms with E-state index in [0.29, 0.717) is 30.1 Å². The number of H-pyrrole nitrogens is 1. The highest BCUT2D eigenvalue weighted by molar-refractivity contribution is 6.20. The number of carbonyl (C=O) groups is 4. The number of amides is 3. The monoisotopic (exact) mass is 803 g/mol. The Hall–Kier alpha value is -5.75. The highest BCUT2D eigenvalue weighted by Gasteiger charge is 2.42. The van der Waals surface area contributed by atoms with Crippen LogP contribution in [0, 0.1) is 23.2 Å². The fourth-order valence-electron chi connectivity index (χ4n) is 10.4. The Morgan fingerprint density at radius 1 is 0.900 bits per heavy atom. The Bertz CT molecular complexity index is 2520. The van der Waals surface area contributed by atoms with Gasteiger partial charge in [0.25, 0.3) is 5.91 Å². The summed E-state index contributed by atoms with van der Waals surface area (Å²) < 4.78 is 0. The smallest absolute Gasteiger partial charge is 0.255 e. The van der Waals surface area contributed by atoms with E-state index in [1.54, 1.807) is 17.0 Å². The SMILES string of the molecule is CCc1cc2c(cc1N1CCC(N3CCN(CCCCC#Cc4cccc5c4CN(C4CCC(=O)NC4=O)C5=O)CC3)CC1)C(C)(C)c1[nH]c3cc(C#N)ccc3c1C2=O. The zero-order valence-corrected chi connectivity index (χ0v) is 35.0. The fraction of sp³-hybridized carbons (Fsp3) is 0.449. The number of rotatable bonds is 8. The van der Waals surface area contributed by atoms with E-state index in [1.165, 1.54) is 11.3 Å². The van der Waals surface area contributed by atoms with Crippen LogP contribution in [0.2, 0.25) is 0 Å². The van der Waals surface area contributed by atoms with Gasteiger partial charge in [-0.3, -0.25) is 29.4 Å². The lowest BCUT2D eigenvalue weighted by molar-refractivity contribution is -0.136. The van der Waals surface area contributed by atoms with Crippen LogP contribution in [0.3, 0.4) is 0 Å². The van der Waals surface area contributed by atoms with Gasteiger partial charge in [0.2, 0.25) is 11.8 Å². The average molecular weight is 804 g/mol. The molecule has 3 fully saturated rings. The van der Waals surface area contributed by atoms with Crippen LogP contribution in [0.1, 0.15) is 126 Å². The summed E-state index contributed by atoms with van der Waals surface area (Å²) in [6, 6.07) is 17.8. The van der Waals surface area contributed by atoms with Crippen molar-refractivity contribution >= 4 is 40.1 Å². The Morgan fingerprint density at radius 2 is 1.70 bits per heavy atom. The molecule has 0 radical (unpaired) electrons. The van der Waals surface area contributed by atoms with Gasteiger partial charge in [-0.2, -0.15) is 5.26 Å². The summed E-state index contributed by atoms with van der Waals surface area (Å²) in [6.45, 7) is 14.4. The van der Waals surface area contributed by atoms with Crippen molar-refractivity contribution in [2.24, 2.45) is 0 Å². The average Bonchev–Trinajstić information content (AvgIpc) is 3.82. The number of benzene rings is 3. The molecule has 5 heterocycles. The van der Waals surface area contributed by atoms with Crippen molar-refractivity contribution in [2.45, 2.75) is 96.2 Å². The minimum absolute atomic E-state index is 0.0661. The largest absolute Gasteiger partial charge is 0.371 e. The summed E-state index contributed by atoms with van der Waals surface area (Å²) in [5.74, 6) is 5.86. The third-order valence-corrected chi connectivity index (χ3v) is 13.9. The molecule has 1 aromatic heterocycles. The number of piperazine rings is 1. The van der Waals surface area contributed by atoms with Crippen molar-refractivity contribution in [3.63, 3.8) is 0 Å². The molecular weight excluding hydrogens is 751 g/mol. The van der Waals surface area contributed by atoms with Crippen LogP contribution in [0.4, 0.5) is 5.69 Å². The highest BCUT2D eigenvalue weighted by Crippen LogP contribution is 2.46. The van der Waals surface area contributed by atoms with E-state index in [2.05, 4.69) is 75.8 Å². The van der Waals surface area contributed by atoms with Gasteiger partial charge < -0.3 is 19.7 Å². The van der Waals surface area contributed by atoms with Crippen molar-refractivity contribution in [1.29, 1.82) is 5.26 Å². The number of aryl methyl sites for hydroxylation is 1. The third-order valence-electron chi connectivity index (χ3n) is 13.9. The minimum atomic E-state index is -0.624. The maximum absolute atomic E-state index is 14.1. The van der Waals surface area contributed by atoms with Crippen molar-refractivity contribution in [2.75, 3.05) is 50.7 Å². The molecule has 9 rings (SSSR count). The molecule has 60 heavy (non-hydrogen) atoms. The molecule has 5 aliphatic rings. The first-order chi connectivity index (χ1) is 29.0. The Balaban J connectivity index is 0.752. The molecule has 1 aliphatic carbocycles. The number of aromatic amines is 1. The maximum Gasteiger partial charge on any atom is 0.255 e. The predicted molar refractivity (Wildman–Crippen MR) is 231 cm³/mol. The molecule has 1 unspecified atom stereocenters. The van der Waals surface area contributed by atoms with Crippen LogP contribution in [0.25, 0.3) is 10.9 Å². The Kier molecular flexibility index (Phi) is 10.6. The van der Waals surface area contributed by atoms with Gasteiger partial charge in [0.05, 0.1) is 17.2 Å². The quantitative estimate of drug-likeness (QED) is 0.125. The lowest BCUT2D eigenvalue weighted by Gasteiger charge is -2.44. The van der Waals surface area contributed by atoms with Crippen molar-refractivity contribution < 1.29 is 19.2 Å². The second-order valence-electron chi connectivity index (χ2n) is 17.7. The molecular formula is C49H53N7O4. The van der Waals surface area contributed by atoms with Crippen molar-refractivity contribution in [3.05, 3.63) is 98.7 Å². The molecule has 0 spiro atoms. The van der Waals surface area contributed by atoms with Crippen molar-refractivity contribution in [3.8, 4) is 17.9 Å². The second-order valence-corrected chi connectivity index (χ2v) is 17.7. The molecule has 0 bridgehead atoms. The van der Waals surface area contributed by atoms with E-state index < -0.39 is 17.4 Å². The van der Waals surface area contributed by atoms with Crippen LogP contribution in [-0.4, -0.2) is 101 Å². The van der Waals surface area contributed by atoms with Gasteiger partial charge in [-0.25, -0.2) is 0 Å². The van der Waals surface area contributed by atoms with Gasteiger partial charge in [-0.15, -0.1) is 0 Å². The molecule has 2 N–H and O–H groups in total. The Labute approximate surface area is 352 Å². The number of hydrogen-bond donors (Lipinski definition) is 2. The molecule has 11 heteroatoms. The van der Waals surface area contributed by atoms with Crippen LogP contribution >= 0.6 is 0 Å². The van der Waals surface area contributed by atoms with E-state index in [1.807, 2.05) is 24.3 Å². The lowest BCUT2D eigenvalue weighted by atomic mass is 9.70. The maximum atomic E-state index is 14.1. The minimum Gasteiger partial charge on any atom is -0.371 e. The normalized spacial score (nSPS) is 20.7. The number of imide groups is 1. The predicted octanol–water partition coefficient (Wildman–Crippen LogP) is 6.04. The molecule has 3 aromatic carbocycles. The molecule has 308 valence electrons. The van der Waals surface area contributed by atoms with Gasteiger partial charge in [-0.1, -0.05) is 44.7 Å². The van der Waals surface area contributed by atoms with Crippen LogP contribution in [0.5, 0.6) is 0 Å². The topological polar surface area (TPSA) is 133 Å². The third kappa shape index (κ3) is 7.08. The van der Waals surface area contributed by atoms with Crippen LogP contribution < -0.4 is 10.2 Å². The molecule has 4 aliphatic heterocycles. The molecule has 3 amide bonds. The number of carbonyl (C=O) groups excluding carboxylic acids is 4. The number of nitrogens with one attached hydrogen (secondary N) is 2. The van der Waals surface area contributed by atoms with Gasteiger partial charge in [0.1, 0.15) is 6.04 Å². The highest BCUT2D eigenvalue weighted by atomic mass is 16.2. The van der Waals surface area contributed by atoms with E-state index in [9.17, 15) is 24.4 Å². The molecule has 11 nitrogen and oxygen atoms in total. The van der Waals surface area contributed by atoms with Gasteiger partial charge in [-0.05, 0) is 98.2 Å². The zero-order chi connectivity index (χ0) is 41.7.